The molecule has 8 nitrogen and oxygen atoms in total. The van der Waals surface area contributed by atoms with E-state index >= 15 is 0 Å². The second kappa shape index (κ2) is 9.82. The smallest absolute Gasteiger partial charge is 0.332 e. The Hall–Kier alpha value is -3.07. The van der Waals surface area contributed by atoms with Gasteiger partial charge in [0.2, 0.25) is 5.91 Å². The van der Waals surface area contributed by atoms with Crippen molar-refractivity contribution in [1.82, 2.24) is 9.13 Å². The van der Waals surface area contributed by atoms with E-state index in [2.05, 4.69) is 21.2 Å². The molecule has 0 radical (unpaired) electrons. The van der Waals surface area contributed by atoms with Gasteiger partial charge in [-0.2, -0.15) is 0 Å². The molecule has 0 atom stereocenters. The van der Waals surface area contributed by atoms with Crippen LogP contribution in [0.5, 0.6) is 11.5 Å². The maximum absolute atomic E-state index is 13.5. The first kappa shape index (κ1) is 23.1. The lowest BCUT2D eigenvalue weighted by Crippen LogP contribution is -2.44. The number of rotatable bonds is 6. The fourth-order valence-corrected chi connectivity index (χ4v) is 4.80. The third kappa shape index (κ3) is 4.68. The number of benzene rings is 2. The second-order valence-corrected chi connectivity index (χ2v) is 9.03. The molecule has 0 bridgehead atoms. The van der Waals surface area contributed by atoms with Gasteiger partial charge in [0.15, 0.2) is 11.5 Å². The lowest BCUT2D eigenvalue weighted by atomic mass is 9.95. The van der Waals surface area contributed by atoms with Crippen LogP contribution in [0.1, 0.15) is 38.1 Å². The third-order valence-corrected chi connectivity index (χ3v) is 6.54. The topological polar surface area (TPSA) is 91.6 Å². The van der Waals surface area contributed by atoms with Crippen molar-refractivity contribution in [2.45, 2.75) is 44.7 Å². The highest BCUT2D eigenvalue weighted by atomic mass is 79.9. The predicted octanol–water partition coefficient (Wildman–Crippen LogP) is 4.09. The SMILES string of the molecule is COc1ccc(NC(=O)Cn2c(=O)n(C3CCCCC3)c(=O)c3cc(Br)ccc32)cc1OC. The van der Waals surface area contributed by atoms with Gasteiger partial charge in [0, 0.05) is 22.3 Å². The van der Waals surface area contributed by atoms with Gasteiger partial charge in [-0.15, -0.1) is 0 Å². The number of hydrogen-bond donors (Lipinski definition) is 1. The summed E-state index contributed by atoms with van der Waals surface area (Å²) in [6.45, 7) is -0.224. The molecule has 0 saturated heterocycles. The van der Waals surface area contributed by atoms with Crippen molar-refractivity contribution in [3.63, 3.8) is 0 Å². The highest BCUT2D eigenvalue weighted by molar-refractivity contribution is 9.10. The van der Waals surface area contributed by atoms with Gasteiger partial charge in [0.05, 0.1) is 25.1 Å². The molecule has 4 rings (SSSR count). The van der Waals surface area contributed by atoms with E-state index in [1.165, 1.54) is 23.4 Å². The normalized spacial score (nSPS) is 14.3. The first-order valence-corrected chi connectivity index (χ1v) is 11.7. The van der Waals surface area contributed by atoms with Crippen LogP contribution >= 0.6 is 15.9 Å². The molecule has 1 fully saturated rings. The molecule has 1 amide bonds. The number of halogens is 1. The molecule has 0 unspecified atom stereocenters. The molecule has 1 aliphatic rings. The predicted molar refractivity (Wildman–Crippen MR) is 130 cm³/mol. The standard InChI is InChI=1S/C24H26BrN3O5/c1-32-20-11-9-16(13-21(20)33-2)26-22(29)14-27-19-10-8-15(25)12-18(19)23(30)28(24(27)31)17-6-4-3-5-7-17/h8-13,17H,3-7,14H2,1-2H3,(H,26,29). The van der Waals surface area contributed by atoms with E-state index in [-0.39, 0.29) is 24.1 Å². The van der Waals surface area contributed by atoms with Crippen molar-refractivity contribution in [2.75, 3.05) is 19.5 Å². The zero-order valence-electron chi connectivity index (χ0n) is 18.6. The van der Waals surface area contributed by atoms with Crippen molar-refractivity contribution < 1.29 is 14.3 Å². The molecule has 1 saturated carbocycles. The Labute approximate surface area is 199 Å². The van der Waals surface area contributed by atoms with Gasteiger partial charge in [0.1, 0.15) is 6.54 Å². The minimum absolute atomic E-state index is 0.151. The van der Waals surface area contributed by atoms with Crippen LogP contribution in [0.25, 0.3) is 10.9 Å². The van der Waals surface area contributed by atoms with E-state index in [9.17, 15) is 14.4 Å². The Kier molecular flexibility index (Phi) is 6.88. The molecule has 0 aliphatic heterocycles. The van der Waals surface area contributed by atoms with Crippen LogP contribution < -0.4 is 26.0 Å². The van der Waals surface area contributed by atoms with Crippen LogP contribution in [0.15, 0.2) is 50.5 Å². The van der Waals surface area contributed by atoms with E-state index in [4.69, 9.17) is 9.47 Å². The minimum atomic E-state index is -0.454. The number of nitrogens with zero attached hydrogens (tertiary/aromatic N) is 2. The molecule has 174 valence electrons. The van der Waals surface area contributed by atoms with Gasteiger partial charge in [-0.25, -0.2) is 4.79 Å². The van der Waals surface area contributed by atoms with E-state index < -0.39 is 5.69 Å². The minimum Gasteiger partial charge on any atom is -0.493 e. The van der Waals surface area contributed by atoms with Crippen LogP contribution in [0, 0.1) is 0 Å². The first-order valence-electron chi connectivity index (χ1n) is 10.9. The quantitative estimate of drug-likeness (QED) is 0.533. The summed E-state index contributed by atoms with van der Waals surface area (Å²) in [5.41, 5.74) is 0.185. The number of ether oxygens (including phenoxy) is 2. The molecule has 1 aromatic heterocycles. The molecule has 0 spiro atoms. The fraction of sp³-hybridized carbons (Fsp3) is 0.375. The molecule has 2 aromatic carbocycles. The Morgan fingerprint density at radius 1 is 1.03 bits per heavy atom. The number of methoxy groups -OCH3 is 2. The summed E-state index contributed by atoms with van der Waals surface area (Å²) < 4.78 is 14.0. The van der Waals surface area contributed by atoms with E-state index in [0.717, 1.165) is 36.6 Å². The Morgan fingerprint density at radius 2 is 1.76 bits per heavy atom. The lowest BCUT2D eigenvalue weighted by Gasteiger charge is -2.24. The third-order valence-electron chi connectivity index (χ3n) is 6.04. The van der Waals surface area contributed by atoms with Crippen LogP contribution in [0.4, 0.5) is 5.69 Å². The van der Waals surface area contributed by atoms with Crippen molar-refractivity contribution in [2.24, 2.45) is 0 Å². The molecule has 3 aromatic rings. The van der Waals surface area contributed by atoms with Gasteiger partial charge >= 0.3 is 5.69 Å². The Bertz CT molecular complexity index is 1310. The second-order valence-electron chi connectivity index (χ2n) is 8.12. The van der Waals surface area contributed by atoms with E-state index in [1.807, 2.05) is 0 Å². The Balaban J connectivity index is 1.73. The molecule has 33 heavy (non-hydrogen) atoms. The van der Waals surface area contributed by atoms with E-state index in [1.54, 1.807) is 36.4 Å². The summed E-state index contributed by atoms with van der Waals surface area (Å²) in [6.07, 6.45) is 4.63. The highest BCUT2D eigenvalue weighted by Gasteiger charge is 2.23. The molecule has 1 N–H and O–H groups in total. The maximum Gasteiger partial charge on any atom is 0.332 e. The fourth-order valence-electron chi connectivity index (χ4n) is 4.44. The van der Waals surface area contributed by atoms with Gasteiger partial charge in [-0.3, -0.25) is 18.7 Å². The number of nitrogens with one attached hydrogen (secondary N) is 1. The molecular formula is C24H26BrN3O5. The van der Waals surface area contributed by atoms with Crippen molar-refractivity contribution in [3.8, 4) is 11.5 Å². The van der Waals surface area contributed by atoms with E-state index in [0.29, 0.717) is 28.1 Å². The number of carbonyl (C=O) groups excluding carboxylic acids is 1. The average Bonchev–Trinajstić information content (AvgIpc) is 2.82. The van der Waals surface area contributed by atoms with Gasteiger partial charge in [-0.1, -0.05) is 35.2 Å². The number of hydrogen-bond acceptors (Lipinski definition) is 5. The monoisotopic (exact) mass is 515 g/mol. The maximum atomic E-state index is 13.5. The summed E-state index contributed by atoms with van der Waals surface area (Å²) >= 11 is 3.41. The summed E-state index contributed by atoms with van der Waals surface area (Å²) in [6, 6.07) is 10.0. The lowest BCUT2D eigenvalue weighted by molar-refractivity contribution is -0.116. The van der Waals surface area contributed by atoms with Gasteiger partial charge in [0.25, 0.3) is 5.56 Å². The zero-order valence-corrected chi connectivity index (χ0v) is 20.2. The first-order chi connectivity index (χ1) is 15.9. The number of anilines is 1. The van der Waals surface area contributed by atoms with Gasteiger partial charge < -0.3 is 14.8 Å². The molecule has 1 aliphatic carbocycles. The highest BCUT2D eigenvalue weighted by Crippen LogP contribution is 2.30. The number of aromatic nitrogens is 2. The summed E-state index contributed by atoms with van der Waals surface area (Å²) in [5, 5.41) is 3.21. The number of amides is 1. The van der Waals surface area contributed by atoms with Crippen LogP contribution in [-0.4, -0.2) is 29.3 Å². The van der Waals surface area contributed by atoms with Crippen molar-refractivity contribution in [1.29, 1.82) is 0 Å². The summed E-state index contributed by atoms with van der Waals surface area (Å²) in [4.78, 5) is 39.7. The summed E-state index contributed by atoms with van der Waals surface area (Å²) in [5.74, 6) is 0.638. The van der Waals surface area contributed by atoms with Crippen molar-refractivity contribution >= 4 is 38.4 Å². The average molecular weight is 516 g/mol. The van der Waals surface area contributed by atoms with Crippen LogP contribution in [-0.2, 0) is 11.3 Å². The molecule has 9 heteroatoms. The van der Waals surface area contributed by atoms with Crippen LogP contribution in [0.3, 0.4) is 0 Å². The van der Waals surface area contributed by atoms with Gasteiger partial charge in [-0.05, 0) is 43.2 Å². The number of fused-ring (bicyclic) bond motifs is 1. The molecular weight excluding hydrogens is 490 g/mol. The van der Waals surface area contributed by atoms with Crippen LogP contribution in [0.2, 0.25) is 0 Å². The zero-order chi connectivity index (χ0) is 23.5. The molecule has 1 heterocycles. The Morgan fingerprint density at radius 3 is 2.45 bits per heavy atom. The largest absolute Gasteiger partial charge is 0.493 e. The van der Waals surface area contributed by atoms with Crippen molar-refractivity contribution in [3.05, 3.63) is 61.7 Å². The summed E-state index contributed by atoms with van der Waals surface area (Å²) in [7, 11) is 3.05. The number of carbonyl (C=O) groups is 1.